The molecule has 1 heterocycles. The number of likely N-dealkylation sites (tertiary alicyclic amines) is 1. The Morgan fingerprint density at radius 1 is 1.25 bits per heavy atom. The first-order chi connectivity index (χ1) is 9.42. The summed E-state index contributed by atoms with van der Waals surface area (Å²) in [6.45, 7) is 10.9. The van der Waals surface area contributed by atoms with Crippen molar-refractivity contribution in [3.8, 4) is 0 Å². The maximum absolute atomic E-state index is 9.64. The fourth-order valence-corrected chi connectivity index (χ4v) is 3.31. The van der Waals surface area contributed by atoms with Gasteiger partial charge in [-0.25, -0.2) is 0 Å². The first-order valence-electron chi connectivity index (χ1n) is 8.53. The van der Waals surface area contributed by atoms with Crippen LogP contribution < -0.4 is 5.32 Å². The second kappa shape index (κ2) is 6.76. The third kappa shape index (κ3) is 5.34. The summed E-state index contributed by atoms with van der Waals surface area (Å²) >= 11 is 0. The molecule has 1 atom stereocenters. The normalized spacial score (nSPS) is 27.0. The summed E-state index contributed by atoms with van der Waals surface area (Å²) in [5, 5.41) is 13.2. The van der Waals surface area contributed by atoms with E-state index in [9.17, 15) is 5.11 Å². The third-order valence-corrected chi connectivity index (χ3v) is 5.11. The monoisotopic (exact) mass is 282 g/mol. The molecular formula is C17H34N2O. The second-order valence-corrected chi connectivity index (χ2v) is 8.10. The smallest absolute Gasteiger partial charge is 0.0610 e. The highest BCUT2D eigenvalue weighted by molar-refractivity contribution is 4.92. The van der Waals surface area contributed by atoms with Gasteiger partial charge in [-0.1, -0.05) is 13.8 Å². The van der Waals surface area contributed by atoms with Crippen LogP contribution in [0.3, 0.4) is 0 Å². The van der Waals surface area contributed by atoms with Crippen LogP contribution in [0.25, 0.3) is 0 Å². The average molecular weight is 282 g/mol. The van der Waals surface area contributed by atoms with E-state index in [0.717, 1.165) is 6.42 Å². The van der Waals surface area contributed by atoms with E-state index in [1.165, 1.54) is 58.2 Å². The van der Waals surface area contributed by atoms with Crippen molar-refractivity contribution in [1.29, 1.82) is 0 Å². The molecule has 2 rings (SSSR count). The van der Waals surface area contributed by atoms with Crippen LogP contribution >= 0.6 is 0 Å². The van der Waals surface area contributed by atoms with Crippen LogP contribution in [0.1, 0.15) is 65.7 Å². The van der Waals surface area contributed by atoms with Gasteiger partial charge in [0.25, 0.3) is 0 Å². The topological polar surface area (TPSA) is 35.5 Å². The van der Waals surface area contributed by atoms with E-state index in [-0.39, 0.29) is 12.1 Å². The van der Waals surface area contributed by atoms with Gasteiger partial charge >= 0.3 is 0 Å². The van der Waals surface area contributed by atoms with Crippen molar-refractivity contribution in [3.05, 3.63) is 0 Å². The number of aliphatic hydroxyl groups excluding tert-OH is 1. The van der Waals surface area contributed by atoms with E-state index in [4.69, 9.17) is 0 Å². The van der Waals surface area contributed by atoms with Gasteiger partial charge in [0.1, 0.15) is 0 Å². The Bertz CT molecular complexity index is 301. The van der Waals surface area contributed by atoms with Crippen LogP contribution in [0.15, 0.2) is 0 Å². The van der Waals surface area contributed by atoms with Crippen molar-refractivity contribution in [2.45, 2.75) is 77.3 Å². The number of rotatable bonds is 7. The maximum atomic E-state index is 9.64. The Labute approximate surface area is 125 Å². The number of nitrogens with one attached hydrogen (secondary N) is 1. The molecule has 1 saturated heterocycles. The van der Waals surface area contributed by atoms with Gasteiger partial charge in [0.15, 0.2) is 0 Å². The highest BCUT2D eigenvalue weighted by Gasteiger charge is 2.31. The predicted molar refractivity (Wildman–Crippen MR) is 85.0 cm³/mol. The van der Waals surface area contributed by atoms with Crippen molar-refractivity contribution in [3.63, 3.8) is 0 Å². The first-order valence-corrected chi connectivity index (χ1v) is 8.53. The molecule has 0 radical (unpaired) electrons. The van der Waals surface area contributed by atoms with Crippen molar-refractivity contribution in [1.82, 2.24) is 10.2 Å². The lowest BCUT2D eigenvalue weighted by molar-refractivity contribution is 0.154. The summed E-state index contributed by atoms with van der Waals surface area (Å²) in [4.78, 5) is 2.63. The van der Waals surface area contributed by atoms with Gasteiger partial charge in [0, 0.05) is 11.6 Å². The van der Waals surface area contributed by atoms with Crippen LogP contribution in [0, 0.1) is 5.41 Å². The summed E-state index contributed by atoms with van der Waals surface area (Å²) in [7, 11) is 0. The molecular weight excluding hydrogens is 248 g/mol. The van der Waals surface area contributed by atoms with E-state index in [2.05, 4.69) is 31.0 Å². The van der Waals surface area contributed by atoms with Gasteiger partial charge in [-0.2, -0.15) is 0 Å². The number of hydrogen-bond donors (Lipinski definition) is 2. The van der Waals surface area contributed by atoms with Crippen LogP contribution in [-0.2, 0) is 0 Å². The predicted octanol–water partition coefficient (Wildman–Crippen LogP) is 2.78. The van der Waals surface area contributed by atoms with Crippen molar-refractivity contribution < 1.29 is 5.11 Å². The zero-order valence-electron chi connectivity index (χ0n) is 13.7. The van der Waals surface area contributed by atoms with Crippen LogP contribution in [0.4, 0.5) is 0 Å². The van der Waals surface area contributed by atoms with Gasteiger partial charge in [-0.3, -0.25) is 0 Å². The Hall–Kier alpha value is -0.120. The Morgan fingerprint density at radius 2 is 2.00 bits per heavy atom. The molecule has 0 aromatic rings. The van der Waals surface area contributed by atoms with E-state index >= 15 is 0 Å². The molecule has 0 bridgehead atoms. The van der Waals surface area contributed by atoms with Gasteiger partial charge in [-0.05, 0) is 76.9 Å². The molecule has 118 valence electrons. The molecule has 1 unspecified atom stereocenters. The van der Waals surface area contributed by atoms with Crippen LogP contribution in [0.2, 0.25) is 0 Å². The number of aliphatic hydroxyl groups is 1. The standard InChI is InChI=1S/C17H34N2O/c1-16(2)8-4-11-19(13-10-16)12-5-9-17(3,14-20)18-15-6-7-15/h15,18,20H,4-14H2,1-3H3. The lowest BCUT2D eigenvalue weighted by atomic mass is 9.85. The van der Waals surface area contributed by atoms with E-state index in [1.54, 1.807) is 0 Å². The lowest BCUT2D eigenvalue weighted by Gasteiger charge is -2.30. The zero-order chi connectivity index (χ0) is 14.6. The third-order valence-electron chi connectivity index (χ3n) is 5.11. The second-order valence-electron chi connectivity index (χ2n) is 8.10. The fourth-order valence-electron chi connectivity index (χ4n) is 3.31. The van der Waals surface area contributed by atoms with Crippen LogP contribution in [-0.4, -0.2) is 47.8 Å². The van der Waals surface area contributed by atoms with Gasteiger partial charge in [-0.15, -0.1) is 0 Å². The fraction of sp³-hybridized carbons (Fsp3) is 1.00. The summed E-state index contributed by atoms with van der Waals surface area (Å²) in [6, 6.07) is 0.672. The molecule has 0 spiro atoms. The first kappa shape index (κ1) is 16.3. The van der Waals surface area contributed by atoms with E-state index < -0.39 is 0 Å². The van der Waals surface area contributed by atoms with Crippen molar-refractivity contribution >= 4 is 0 Å². The summed E-state index contributed by atoms with van der Waals surface area (Å²) < 4.78 is 0. The van der Waals surface area contributed by atoms with Crippen molar-refractivity contribution in [2.24, 2.45) is 5.41 Å². The molecule has 2 aliphatic rings. The minimum Gasteiger partial charge on any atom is -0.394 e. The minimum absolute atomic E-state index is 0.0632. The molecule has 0 amide bonds. The van der Waals surface area contributed by atoms with E-state index in [0.29, 0.717) is 11.5 Å². The summed E-state index contributed by atoms with van der Waals surface area (Å²) in [5.74, 6) is 0. The SMILES string of the molecule is CC1(C)CCCN(CCCC(C)(CO)NC2CC2)CC1. The Morgan fingerprint density at radius 3 is 2.65 bits per heavy atom. The minimum atomic E-state index is -0.0632. The maximum Gasteiger partial charge on any atom is 0.0610 e. The average Bonchev–Trinajstić information content (AvgIpc) is 3.19. The lowest BCUT2D eigenvalue weighted by Crippen LogP contribution is -2.47. The Kier molecular flexibility index (Phi) is 5.49. The molecule has 1 aliphatic heterocycles. The largest absolute Gasteiger partial charge is 0.394 e. The zero-order valence-corrected chi connectivity index (χ0v) is 13.7. The molecule has 2 N–H and O–H groups in total. The van der Waals surface area contributed by atoms with Gasteiger partial charge in [0.05, 0.1) is 6.61 Å². The van der Waals surface area contributed by atoms with E-state index in [1.807, 2.05) is 0 Å². The Balaban J connectivity index is 1.68. The molecule has 20 heavy (non-hydrogen) atoms. The molecule has 3 nitrogen and oxygen atoms in total. The summed E-state index contributed by atoms with van der Waals surface area (Å²) in [6.07, 6.45) is 8.88. The number of hydrogen-bond acceptors (Lipinski definition) is 3. The molecule has 2 fully saturated rings. The highest BCUT2D eigenvalue weighted by atomic mass is 16.3. The molecule has 0 aromatic heterocycles. The molecule has 3 heteroatoms. The van der Waals surface area contributed by atoms with Gasteiger partial charge in [0.2, 0.25) is 0 Å². The molecule has 1 saturated carbocycles. The molecule has 1 aliphatic carbocycles. The molecule has 0 aromatic carbocycles. The van der Waals surface area contributed by atoms with Crippen LogP contribution in [0.5, 0.6) is 0 Å². The quantitative estimate of drug-likeness (QED) is 0.754. The van der Waals surface area contributed by atoms with Crippen molar-refractivity contribution in [2.75, 3.05) is 26.2 Å². The number of nitrogens with zero attached hydrogens (tertiary/aromatic N) is 1. The van der Waals surface area contributed by atoms with Gasteiger partial charge < -0.3 is 15.3 Å². The summed E-state index contributed by atoms with van der Waals surface area (Å²) in [5.41, 5.74) is 0.466. The highest BCUT2D eigenvalue weighted by Crippen LogP contribution is 2.30.